The number of amides is 1. The number of nitrogens with one attached hydrogen (secondary N) is 1. The molecule has 0 aliphatic carbocycles. The van der Waals surface area contributed by atoms with Gasteiger partial charge < -0.3 is 5.32 Å². The number of carbonyl (C=O) groups is 1. The van der Waals surface area contributed by atoms with Crippen molar-refractivity contribution < 1.29 is 13.2 Å². The fourth-order valence-corrected chi connectivity index (χ4v) is 6.09. The highest BCUT2D eigenvalue weighted by Crippen LogP contribution is 2.32. The van der Waals surface area contributed by atoms with Crippen molar-refractivity contribution in [3.8, 4) is 0 Å². The highest BCUT2D eigenvalue weighted by molar-refractivity contribution is 9.10. The first-order valence-electron chi connectivity index (χ1n) is 9.98. The summed E-state index contributed by atoms with van der Waals surface area (Å²) < 4.78 is 29.5. The highest BCUT2D eigenvalue weighted by atomic mass is 79.9. The molecule has 32 heavy (non-hydrogen) atoms. The zero-order chi connectivity index (χ0) is 22.9. The van der Waals surface area contributed by atoms with Crippen molar-refractivity contribution in [3.63, 3.8) is 0 Å². The summed E-state index contributed by atoms with van der Waals surface area (Å²) in [6.07, 6.45) is 0. The van der Waals surface area contributed by atoms with Crippen molar-refractivity contribution in [2.75, 3.05) is 16.2 Å². The molecule has 0 fully saturated rings. The predicted molar refractivity (Wildman–Crippen MR) is 135 cm³/mol. The van der Waals surface area contributed by atoms with Crippen LogP contribution in [-0.4, -0.2) is 20.9 Å². The van der Waals surface area contributed by atoms with E-state index in [1.165, 1.54) is 15.6 Å². The third kappa shape index (κ3) is 4.44. The number of benzene rings is 3. The van der Waals surface area contributed by atoms with Gasteiger partial charge in [0.25, 0.3) is 15.9 Å². The maximum Gasteiger partial charge on any atom is 0.265 e. The van der Waals surface area contributed by atoms with Crippen molar-refractivity contribution in [1.29, 1.82) is 0 Å². The van der Waals surface area contributed by atoms with Gasteiger partial charge in [-0.05, 0) is 79.4 Å². The lowest BCUT2D eigenvalue weighted by Gasteiger charge is -2.23. The van der Waals surface area contributed by atoms with E-state index in [4.69, 9.17) is 0 Å². The van der Waals surface area contributed by atoms with Crippen LogP contribution in [0.3, 0.4) is 0 Å². The molecule has 0 aliphatic rings. The predicted octanol–water partition coefficient (Wildman–Crippen LogP) is 6.44. The topological polar surface area (TPSA) is 66.5 Å². The number of halogens is 1. The fraction of sp³-hybridized carbons (Fsp3) is 0.125. The van der Waals surface area contributed by atoms with Gasteiger partial charge in [0.05, 0.1) is 15.5 Å². The molecule has 1 amide bonds. The number of hydrogen-bond donors (Lipinski definition) is 1. The molecule has 0 aliphatic heterocycles. The van der Waals surface area contributed by atoms with Crippen LogP contribution in [0.1, 0.15) is 22.2 Å². The van der Waals surface area contributed by atoms with E-state index in [0.29, 0.717) is 10.6 Å². The second-order valence-electron chi connectivity index (χ2n) is 7.23. The summed E-state index contributed by atoms with van der Waals surface area (Å²) in [5, 5.41) is 3.77. The number of para-hydroxylation sites is 1. The minimum Gasteiger partial charge on any atom is -0.321 e. The molecular formula is C24H21BrN2O3S2. The van der Waals surface area contributed by atoms with E-state index in [1.807, 2.05) is 43.3 Å². The smallest absolute Gasteiger partial charge is 0.265 e. The van der Waals surface area contributed by atoms with Gasteiger partial charge in [-0.3, -0.25) is 9.10 Å². The molecule has 1 N–H and O–H groups in total. The highest BCUT2D eigenvalue weighted by Gasteiger charge is 2.24. The van der Waals surface area contributed by atoms with Gasteiger partial charge in [0.1, 0.15) is 0 Å². The van der Waals surface area contributed by atoms with Crippen LogP contribution in [0, 0.1) is 6.92 Å². The number of carbonyl (C=O) groups excluding carboxylic acids is 1. The summed E-state index contributed by atoms with van der Waals surface area (Å²) in [5.74, 6) is -0.183. The molecule has 0 atom stereocenters. The molecule has 5 nitrogen and oxygen atoms in total. The van der Waals surface area contributed by atoms with E-state index in [2.05, 4.69) is 21.2 Å². The Bertz CT molecular complexity index is 1400. The molecule has 8 heteroatoms. The number of rotatable bonds is 6. The zero-order valence-corrected chi connectivity index (χ0v) is 20.7. The number of aryl methyl sites for hydroxylation is 1. The van der Waals surface area contributed by atoms with Gasteiger partial charge >= 0.3 is 0 Å². The Morgan fingerprint density at radius 1 is 1.03 bits per heavy atom. The van der Waals surface area contributed by atoms with Crippen molar-refractivity contribution >= 4 is 64.7 Å². The Kier molecular flexibility index (Phi) is 6.37. The van der Waals surface area contributed by atoms with E-state index >= 15 is 0 Å². The molecular weight excluding hydrogens is 508 g/mol. The van der Waals surface area contributed by atoms with Gasteiger partial charge in [-0.1, -0.05) is 34.1 Å². The molecule has 0 bridgehead atoms. The quantitative estimate of drug-likeness (QED) is 0.313. The van der Waals surface area contributed by atoms with Crippen LogP contribution < -0.4 is 9.62 Å². The SMILES string of the molecule is CCN(c1ccc2sc(C(=O)Nc3ccccc3C)cc2c1)S(=O)(=O)c1ccc(Br)cc1. The molecule has 0 saturated carbocycles. The van der Waals surface area contributed by atoms with Crippen LogP contribution in [-0.2, 0) is 10.0 Å². The minimum atomic E-state index is -3.71. The van der Waals surface area contributed by atoms with E-state index in [9.17, 15) is 13.2 Å². The lowest BCUT2D eigenvalue weighted by molar-refractivity contribution is 0.103. The summed E-state index contributed by atoms with van der Waals surface area (Å²) in [5.41, 5.74) is 2.32. The number of fused-ring (bicyclic) bond motifs is 1. The molecule has 0 spiro atoms. The second kappa shape index (κ2) is 9.05. The first kappa shape index (κ1) is 22.5. The van der Waals surface area contributed by atoms with Crippen molar-refractivity contribution in [2.24, 2.45) is 0 Å². The van der Waals surface area contributed by atoms with Crippen molar-refractivity contribution in [3.05, 3.63) is 87.7 Å². The lowest BCUT2D eigenvalue weighted by Crippen LogP contribution is -2.30. The standard InChI is InChI=1S/C24H21BrN2O3S2/c1-3-27(32(29,30)20-11-8-18(25)9-12-20)19-10-13-22-17(14-19)15-23(31-22)24(28)26-21-7-5-4-6-16(21)2/h4-15H,3H2,1-2H3,(H,26,28). The third-order valence-electron chi connectivity index (χ3n) is 5.09. The molecule has 0 unspecified atom stereocenters. The Hall–Kier alpha value is -2.68. The van der Waals surface area contributed by atoms with Crippen LogP contribution in [0.2, 0.25) is 0 Å². The van der Waals surface area contributed by atoms with Crippen LogP contribution in [0.15, 0.2) is 82.2 Å². The van der Waals surface area contributed by atoms with Crippen LogP contribution in [0.25, 0.3) is 10.1 Å². The van der Waals surface area contributed by atoms with Crippen LogP contribution in [0.4, 0.5) is 11.4 Å². The Morgan fingerprint density at radius 3 is 2.44 bits per heavy atom. The summed E-state index contributed by atoms with van der Waals surface area (Å²) in [7, 11) is -3.71. The summed E-state index contributed by atoms with van der Waals surface area (Å²) >= 11 is 4.72. The van der Waals surface area contributed by atoms with E-state index in [-0.39, 0.29) is 17.3 Å². The average Bonchev–Trinajstić information content (AvgIpc) is 3.20. The fourth-order valence-electron chi connectivity index (χ4n) is 3.42. The molecule has 4 aromatic rings. The summed E-state index contributed by atoms with van der Waals surface area (Å²) in [6, 6.07) is 21.5. The maximum atomic E-state index is 13.2. The van der Waals surface area contributed by atoms with Crippen molar-refractivity contribution in [1.82, 2.24) is 0 Å². The van der Waals surface area contributed by atoms with Crippen molar-refractivity contribution in [2.45, 2.75) is 18.7 Å². The molecule has 3 aromatic carbocycles. The minimum absolute atomic E-state index is 0.183. The summed E-state index contributed by atoms with van der Waals surface area (Å²) in [6.45, 7) is 4.03. The molecule has 0 saturated heterocycles. The largest absolute Gasteiger partial charge is 0.321 e. The van der Waals surface area contributed by atoms with Gasteiger partial charge in [-0.2, -0.15) is 0 Å². The van der Waals surface area contributed by atoms with Gasteiger partial charge in [0.2, 0.25) is 0 Å². The third-order valence-corrected chi connectivity index (χ3v) is 8.65. The molecule has 0 radical (unpaired) electrons. The van der Waals surface area contributed by atoms with E-state index < -0.39 is 10.0 Å². The monoisotopic (exact) mass is 528 g/mol. The number of sulfonamides is 1. The Morgan fingerprint density at radius 2 is 1.75 bits per heavy atom. The van der Waals surface area contributed by atoms with Crippen LogP contribution in [0.5, 0.6) is 0 Å². The first-order chi connectivity index (χ1) is 15.3. The number of anilines is 2. The van der Waals surface area contributed by atoms with Gasteiger partial charge in [-0.25, -0.2) is 8.42 Å². The van der Waals surface area contributed by atoms with E-state index in [0.717, 1.165) is 25.8 Å². The second-order valence-corrected chi connectivity index (χ2v) is 11.1. The summed E-state index contributed by atoms with van der Waals surface area (Å²) in [4.78, 5) is 13.6. The molecule has 164 valence electrons. The number of thiophene rings is 1. The lowest BCUT2D eigenvalue weighted by atomic mass is 10.2. The van der Waals surface area contributed by atoms with Gasteiger partial charge in [0, 0.05) is 21.4 Å². The maximum absolute atomic E-state index is 13.2. The molecule has 1 heterocycles. The van der Waals surface area contributed by atoms with E-state index in [1.54, 1.807) is 43.3 Å². The van der Waals surface area contributed by atoms with Gasteiger partial charge in [-0.15, -0.1) is 11.3 Å². The number of hydrogen-bond acceptors (Lipinski definition) is 4. The zero-order valence-electron chi connectivity index (χ0n) is 17.5. The first-order valence-corrected chi connectivity index (χ1v) is 13.0. The Labute approximate surface area is 199 Å². The number of nitrogens with zero attached hydrogens (tertiary/aromatic N) is 1. The molecule has 4 rings (SSSR count). The normalized spacial score (nSPS) is 11.5. The van der Waals surface area contributed by atoms with Gasteiger partial charge in [0.15, 0.2) is 0 Å². The Balaban J connectivity index is 1.65. The average molecular weight is 529 g/mol. The van der Waals surface area contributed by atoms with Crippen LogP contribution >= 0.6 is 27.3 Å². The molecule has 1 aromatic heterocycles.